The van der Waals surface area contributed by atoms with Gasteiger partial charge in [0.2, 0.25) is 46.0 Å². The maximum atomic E-state index is 12.6. The van der Waals surface area contributed by atoms with E-state index in [1.54, 1.807) is 19.3 Å². The third-order valence-corrected chi connectivity index (χ3v) is 23.1. The van der Waals surface area contributed by atoms with Gasteiger partial charge in [-0.1, -0.05) is 140 Å². The number of nitrogens with one attached hydrogen (secondary N) is 2. The van der Waals surface area contributed by atoms with Crippen molar-refractivity contribution in [3.63, 3.8) is 0 Å². The lowest BCUT2D eigenvalue weighted by molar-refractivity contribution is -0.0539. The van der Waals surface area contributed by atoms with Crippen LogP contribution in [0.15, 0.2) is 166 Å². The number of rotatable bonds is 32. The number of benzene rings is 4. The first-order valence-corrected chi connectivity index (χ1v) is 44.8. The van der Waals surface area contributed by atoms with Crippen LogP contribution in [0.4, 0.5) is 27.9 Å². The summed E-state index contributed by atoms with van der Waals surface area (Å²) in [4.78, 5) is 34.1. The van der Waals surface area contributed by atoms with Crippen LogP contribution in [0.5, 0.6) is 0 Å². The summed E-state index contributed by atoms with van der Waals surface area (Å²) in [7, 11) is -18.6. The molecule has 1 aliphatic rings. The van der Waals surface area contributed by atoms with Crippen LogP contribution in [0.3, 0.4) is 0 Å². The highest BCUT2D eigenvalue weighted by Gasteiger charge is 2.47. The second-order valence-corrected chi connectivity index (χ2v) is 35.9. The fourth-order valence-corrected chi connectivity index (χ4v) is 14.6. The van der Waals surface area contributed by atoms with Crippen LogP contribution in [0, 0.1) is 50.4 Å². The Labute approximate surface area is 678 Å². The zero-order valence-electron chi connectivity index (χ0n) is 66.1. The predicted octanol–water partition coefficient (Wildman–Crippen LogP) is 10.4. The Bertz CT molecular complexity index is 5410. The van der Waals surface area contributed by atoms with E-state index in [0.29, 0.717) is 98.6 Å². The fraction of sp³-hybridized carbons (Fsp3) is 0.400. The molecule has 0 fully saturated rings. The first kappa shape index (κ1) is 95.4. The molecule has 0 aliphatic carbocycles. The Kier molecular flexibility index (Phi) is 36.1. The largest absolute Gasteiger partial charge is 0.523 e. The molecule has 10 rings (SSSR count). The Balaban J connectivity index is 0.000000234. The van der Waals surface area contributed by atoms with Crippen LogP contribution in [0.25, 0.3) is 11.5 Å². The van der Waals surface area contributed by atoms with Gasteiger partial charge in [-0.15, -0.1) is 15.3 Å². The van der Waals surface area contributed by atoms with E-state index in [-0.39, 0.29) is 42.8 Å². The van der Waals surface area contributed by atoms with E-state index in [9.17, 15) is 64.0 Å². The molecule has 0 saturated carbocycles. The minimum atomic E-state index is -5.35. The summed E-state index contributed by atoms with van der Waals surface area (Å²) >= 11 is 0. The van der Waals surface area contributed by atoms with Gasteiger partial charge in [-0.05, 0) is 62.1 Å². The maximum absolute atomic E-state index is 12.6. The number of hydrogen-bond donors (Lipinski definition) is 2. The normalized spacial score (nSPS) is 13.4. The van der Waals surface area contributed by atoms with Crippen LogP contribution in [0.1, 0.15) is 142 Å². The van der Waals surface area contributed by atoms with Crippen LogP contribution in [-0.4, -0.2) is 200 Å². The lowest BCUT2D eigenvalue weighted by atomic mass is 9.94. The highest BCUT2D eigenvalue weighted by molar-refractivity contribution is 7.89. The predicted molar refractivity (Wildman–Crippen MR) is 428 cm³/mol. The van der Waals surface area contributed by atoms with E-state index in [2.05, 4.69) is 79.7 Å². The Morgan fingerprint density at radius 2 is 0.855 bits per heavy atom. The summed E-state index contributed by atoms with van der Waals surface area (Å²) in [5, 5.41) is 39.0. The van der Waals surface area contributed by atoms with Gasteiger partial charge in [0.25, 0.3) is 11.8 Å². The molecule has 0 amide bonds. The lowest BCUT2D eigenvalue weighted by Crippen LogP contribution is -2.34. The number of hydrogen-bond acceptors (Lipinski definition) is 28. The highest BCUT2D eigenvalue weighted by atomic mass is 32.2. The van der Waals surface area contributed by atoms with Crippen molar-refractivity contribution >= 4 is 61.9 Å². The highest BCUT2D eigenvalue weighted by Crippen LogP contribution is 2.29. The average Bonchev–Trinajstić information content (AvgIpc) is 1.78. The quantitative estimate of drug-likeness (QED) is 0.0225. The van der Waals surface area contributed by atoms with Crippen molar-refractivity contribution in [1.29, 1.82) is 10.5 Å². The van der Waals surface area contributed by atoms with Crippen molar-refractivity contribution in [3.05, 3.63) is 231 Å². The second-order valence-electron chi connectivity index (χ2n) is 26.5. The number of alkyl halides is 5. The molecule has 4 atom stereocenters. The Morgan fingerprint density at radius 1 is 0.504 bits per heavy atom. The summed E-state index contributed by atoms with van der Waals surface area (Å²) in [5.74, 6) is 0.913. The number of likely N-dealkylation sites (N-methyl/N-ethyl adjacent to an activating group) is 3. The van der Waals surface area contributed by atoms with Crippen molar-refractivity contribution in [2.75, 3.05) is 89.3 Å². The smallest absolute Gasteiger partial charge is 0.415 e. The van der Waals surface area contributed by atoms with Gasteiger partial charge in [-0.2, -0.15) is 46.0 Å². The molecule has 0 radical (unpaired) electrons. The second kappa shape index (κ2) is 44.2. The van der Waals surface area contributed by atoms with Gasteiger partial charge in [0, 0.05) is 126 Å². The molecule has 9 aromatic rings. The fourth-order valence-electron chi connectivity index (χ4n) is 10.9. The third kappa shape index (κ3) is 31.9. The van der Waals surface area contributed by atoms with E-state index in [0.717, 1.165) is 69.0 Å². The summed E-state index contributed by atoms with van der Waals surface area (Å²) < 4.78 is 189. The van der Waals surface area contributed by atoms with Crippen molar-refractivity contribution in [3.8, 4) is 23.6 Å². The average molecular weight is 1720 g/mol. The topological polar surface area (TPSA) is 440 Å². The summed E-state index contributed by atoms with van der Waals surface area (Å²) in [6.45, 7) is 16.9. The minimum Gasteiger partial charge on any atom is -0.415 e. The molecule has 4 aromatic carbocycles. The van der Waals surface area contributed by atoms with E-state index < -0.39 is 74.6 Å². The van der Waals surface area contributed by atoms with Crippen molar-refractivity contribution < 1.29 is 72.6 Å². The molecular weight excluding hydrogens is 1630 g/mol. The molecule has 1 aliphatic heterocycles. The molecule has 6 heterocycles. The van der Waals surface area contributed by atoms with Gasteiger partial charge in [-0.3, -0.25) is 4.18 Å². The van der Waals surface area contributed by atoms with Gasteiger partial charge in [-0.25, -0.2) is 91.2 Å². The zero-order valence-corrected chi connectivity index (χ0v) is 70.2. The van der Waals surface area contributed by atoms with Crippen LogP contribution >= 0.6 is 0 Å². The van der Waals surface area contributed by atoms with Gasteiger partial charge < -0.3 is 9.73 Å². The summed E-state index contributed by atoms with van der Waals surface area (Å²) in [6.07, 6.45) is 15.4. The van der Waals surface area contributed by atoms with Gasteiger partial charge in [0.15, 0.2) is 0 Å². The maximum Gasteiger partial charge on any atom is 0.523 e. The van der Waals surface area contributed by atoms with E-state index in [1.807, 2.05) is 151 Å². The molecule has 5 aromatic heterocycles. The SMILES string of the molecule is CCN(CC(Cc1ncc(-c2nnc(C(F)F)o2)cn1)c1ccc(C)cc1)S(C)(=O)=O.CCN(CC(Cc1ncc(C#N)cn1)c1ccc(C)cc1)S(C)(=O)=O.CCN(CC(Cc1ncc(C2=NN=NC2)cn1)c1ccc(C)cc1)S(C)(=O)=O.CCOS(=O)(=O)C(F)(F)F.Cc1ccc(C(CNS(C)(=O)=O)Nc2ncc(C#N)cn2)cc1. The number of anilines is 1. The zero-order chi connectivity index (χ0) is 86.5. The molecule has 628 valence electrons. The van der Waals surface area contributed by atoms with E-state index >= 15 is 0 Å². The number of nitriles is 2. The number of halogens is 5. The van der Waals surface area contributed by atoms with Crippen LogP contribution < -0.4 is 10.0 Å². The Hall–Kier alpha value is -10.4. The molecule has 2 N–H and O–H groups in total. The van der Waals surface area contributed by atoms with Crippen molar-refractivity contribution in [2.45, 2.75) is 110 Å². The summed E-state index contributed by atoms with van der Waals surface area (Å²) in [6, 6.07) is 35.4. The molecule has 117 heavy (non-hydrogen) atoms. The standard InChI is InChI=1S/C20H23F2N5O3S.C19H24N6O2S.C18H22N4O2S.C15H17N5O2S.C3H5F3O3S/c1-4-27(31(3,28)29)12-15(14-7-5-13(2)6-8-14)9-17-23-10-16(11-24-17)19-25-26-20(30-19)18(21)22;1-4-25(28(3,26)27)13-16(15-7-5-14(2)6-8-15)9-19-20-10-17(11-21-19)18-12-22-24-23-18;1-4-22(25(3,23)24)13-17(16-7-5-14(2)6-8-16)9-18-20-11-15(10-19)12-21-18;1-11-3-5-13(6-4-11)14(10-19-23(2,21)22)20-15-17-8-12(7-16)9-18-15;1-2-9-10(7,8)3(4,5)6/h5-8,10-11,15,18H,4,9,12H2,1-3H3;5-8,10-11,16H,4,9,12-13H2,1-3H3;5-8,11-12,17H,4,9,13H2,1-3H3;3-6,8-9,14,19H,10H2,1-2H3,(H,17,18,20);2H2,1H3. The van der Waals surface area contributed by atoms with Gasteiger partial charge in [0.1, 0.15) is 36.2 Å². The number of nitrogens with zero attached hydrogens (tertiary/aromatic N) is 18. The number of aromatic nitrogens is 10. The van der Waals surface area contributed by atoms with E-state index in [4.69, 9.17) is 14.9 Å². The molecule has 0 spiro atoms. The number of sulfonamides is 4. The third-order valence-electron chi connectivity index (χ3n) is 17.2. The molecule has 32 nitrogen and oxygen atoms in total. The molecular formula is C75H91F5N20O12S5. The van der Waals surface area contributed by atoms with Gasteiger partial charge >= 0.3 is 22.1 Å². The molecule has 0 saturated heterocycles. The Morgan fingerprint density at radius 3 is 1.15 bits per heavy atom. The van der Waals surface area contributed by atoms with Crippen molar-refractivity contribution in [1.82, 2.24) is 67.7 Å². The first-order chi connectivity index (χ1) is 55.0. The minimum absolute atomic E-state index is 0.0463. The molecule has 4 unspecified atom stereocenters. The summed E-state index contributed by atoms with van der Waals surface area (Å²) in [5.41, 5.74) is 5.82. The van der Waals surface area contributed by atoms with Crippen molar-refractivity contribution in [2.24, 2.45) is 15.4 Å². The number of aryl methyl sites for hydroxylation is 4. The monoisotopic (exact) mass is 1720 g/mol. The molecule has 42 heteroatoms. The molecule has 0 bridgehead atoms. The van der Waals surface area contributed by atoms with E-state index in [1.165, 1.54) is 68.9 Å². The first-order valence-electron chi connectivity index (χ1n) is 35.9. The van der Waals surface area contributed by atoms with Crippen LogP contribution in [0.2, 0.25) is 0 Å². The lowest BCUT2D eigenvalue weighted by Gasteiger charge is -2.25. The van der Waals surface area contributed by atoms with Crippen LogP contribution in [-0.2, 0) is 73.7 Å². The van der Waals surface area contributed by atoms with Gasteiger partial charge in [0.05, 0.1) is 72.5 Å².